The molecule has 3 aromatic rings. The van der Waals surface area contributed by atoms with E-state index in [-0.39, 0.29) is 11.3 Å². The molecule has 2 aromatic carbocycles. The summed E-state index contributed by atoms with van der Waals surface area (Å²) < 4.78 is 5.35. The summed E-state index contributed by atoms with van der Waals surface area (Å²) in [6.07, 6.45) is 3.28. The molecule has 132 valence electrons. The molecule has 2 N–H and O–H groups in total. The smallest absolute Gasteiger partial charge is 0.258 e. The zero-order chi connectivity index (χ0) is 18.5. The van der Waals surface area contributed by atoms with Crippen LogP contribution in [0.3, 0.4) is 0 Å². The monoisotopic (exact) mass is 348 g/mol. The first-order valence-corrected chi connectivity index (χ1v) is 8.44. The molecule has 0 bridgehead atoms. The van der Waals surface area contributed by atoms with Crippen molar-refractivity contribution in [2.75, 3.05) is 14.1 Å². The minimum atomic E-state index is -0.0585. The summed E-state index contributed by atoms with van der Waals surface area (Å²) >= 11 is 0. The van der Waals surface area contributed by atoms with Crippen molar-refractivity contribution < 1.29 is 9.63 Å². The quantitative estimate of drug-likeness (QED) is 0.738. The lowest BCUT2D eigenvalue weighted by Crippen LogP contribution is -1.90. The van der Waals surface area contributed by atoms with Crippen molar-refractivity contribution in [3.05, 3.63) is 53.1 Å². The third-order valence-corrected chi connectivity index (χ3v) is 4.18. The predicted octanol–water partition coefficient (Wildman–Crippen LogP) is 3.31. The largest absolute Gasteiger partial charge is 0.507 e. The van der Waals surface area contributed by atoms with Gasteiger partial charge in [-0.3, -0.25) is 0 Å². The maximum absolute atomic E-state index is 9.58. The highest BCUT2D eigenvalue weighted by Crippen LogP contribution is 2.32. The highest BCUT2D eigenvalue weighted by atomic mass is 16.5. The van der Waals surface area contributed by atoms with Gasteiger partial charge in [0, 0.05) is 11.1 Å². The SMILES string of the molecule is CNC.N#Cc1cc(-c2nc(-c3cccc4c3CCC4)no2)ccc1O. The fraction of sp³-hybridized carbons (Fsp3) is 0.250. The van der Waals surface area contributed by atoms with Gasteiger partial charge in [0.05, 0.1) is 5.56 Å². The minimum Gasteiger partial charge on any atom is -0.507 e. The van der Waals surface area contributed by atoms with E-state index < -0.39 is 0 Å². The molecule has 0 aliphatic heterocycles. The van der Waals surface area contributed by atoms with Gasteiger partial charge in [0.25, 0.3) is 5.89 Å². The molecule has 4 rings (SSSR count). The van der Waals surface area contributed by atoms with Crippen molar-refractivity contribution in [2.45, 2.75) is 19.3 Å². The number of fused-ring (bicyclic) bond motifs is 1. The number of hydrogen-bond donors (Lipinski definition) is 2. The van der Waals surface area contributed by atoms with Gasteiger partial charge in [0.1, 0.15) is 11.8 Å². The van der Waals surface area contributed by atoms with Crippen molar-refractivity contribution in [3.63, 3.8) is 0 Å². The van der Waals surface area contributed by atoms with Gasteiger partial charge in [0.2, 0.25) is 5.82 Å². The second kappa shape index (κ2) is 7.81. The van der Waals surface area contributed by atoms with Gasteiger partial charge in [-0.1, -0.05) is 23.4 Å². The van der Waals surface area contributed by atoms with Gasteiger partial charge in [-0.25, -0.2) is 0 Å². The van der Waals surface area contributed by atoms with Crippen LogP contribution in [0.15, 0.2) is 40.9 Å². The van der Waals surface area contributed by atoms with E-state index in [1.54, 1.807) is 12.1 Å². The van der Waals surface area contributed by atoms with Gasteiger partial charge in [-0.15, -0.1) is 0 Å². The van der Waals surface area contributed by atoms with Crippen LogP contribution in [0.1, 0.15) is 23.1 Å². The van der Waals surface area contributed by atoms with Crippen molar-refractivity contribution >= 4 is 0 Å². The molecule has 26 heavy (non-hydrogen) atoms. The van der Waals surface area contributed by atoms with Crippen LogP contribution in [0, 0.1) is 11.3 Å². The van der Waals surface area contributed by atoms with E-state index in [1.807, 2.05) is 32.3 Å². The molecule has 1 aliphatic carbocycles. The Bertz CT molecular complexity index is 957. The van der Waals surface area contributed by atoms with Crippen LogP contribution in [-0.2, 0) is 12.8 Å². The zero-order valence-corrected chi connectivity index (χ0v) is 14.8. The maximum Gasteiger partial charge on any atom is 0.258 e. The molecular formula is C20H20N4O2. The number of phenols is 1. The number of hydrogen-bond acceptors (Lipinski definition) is 6. The molecule has 1 heterocycles. The van der Waals surface area contributed by atoms with Gasteiger partial charge in [0.15, 0.2) is 0 Å². The second-order valence-electron chi connectivity index (χ2n) is 6.06. The average molecular weight is 348 g/mol. The van der Waals surface area contributed by atoms with Gasteiger partial charge in [-0.2, -0.15) is 10.2 Å². The van der Waals surface area contributed by atoms with E-state index in [1.165, 1.54) is 17.2 Å². The van der Waals surface area contributed by atoms with Gasteiger partial charge >= 0.3 is 0 Å². The van der Waals surface area contributed by atoms with E-state index in [9.17, 15) is 5.11 Å². The lowest BCUT2D eigenvalue weighted by molar-refractivity contribution is 0.432. The fourth-order valence-electron chi connectivity index (χ4n) is 3.04. The molecule has 0 unspecified atom stereocenters. The van der Waals surface area contributed by atoms with E-state index >= 15 is 0 Å². The van der Waals surface area contributed by atoms with E-state index in [0.717, 1.165) is 24.8 Å². The summed E-state index contributed by atoms with van der Waals surface area (Å²) in [5.74, 6) is 0.842. The normalized spacial score (nSPS) is 12.0. The second-order valence-corrected chi connectivity index (χ2v) is 6.06. The number of nitrogens with one attached hydrogen (secondary N) is 1. The highest BCUT2D eigenvalue weighted by Gasteiger charge is 2.19. The van der Waals surface area contributed by atoms with Crippen LogP contribution in [-0.4, -0.2) is 29.3 Å². The Hall–Kier alpha value is -3.17. The van der Waals surface area contributed by atoms with Crippen LogP contribution >= 0.6 is 0 Å². The molecule has 1 aromatic heterocycles. The molecule has 0 radical (unpaired) electrons. The van der Waals surface area contributed by atoms with Crippen LogP contribution in [0.4, 0.5) is 0 Å². The van der Waals surface area contributed by atoms with Crippen molar-refractivity contribution in [2.24, 2.45) is 0 Å². The number of phenolic OH excluding ortho intramolecular Hbond substituents is 1. The number of aromatic nitrogens is 2. The van der Waals surface area contributed by atoms with Gasteiger partial charge in [-0.05, 0) is 62.7 Å². The Balaban J connectivity index is 0.000000613. The minimum absolute atomic E-state index is 0.0585. The predicted molar refractivity (Wildman–Crippen MR) is 98.6 cm³/mol. The van der Waals surface area contributed by atoms with E-state index in [0.29, 0.717) is 17.3 Å². The Morgan fingerprint density at radius 1 is 1.19 bits per heavy atom. The number of aromatic hydroxyl groups is 1. The fourth-order valence-corrected chi connectivity index (χ4v) is 3.04. The zero-order valence-electron chi connectivity index (χ0n) is 14.8. The molecular weight excluding hydrogens is 328 g/mol. The first-order chi connectivity index (χ1) is 12.7. The first-order valence-electron chi connectivity index (χ1n) is 8.44. The van der Waals surface area contributed by atoms with E-state index in [2.05, 4.69) is 21.5 Å². The topological polar surface area (TPSA) is 95.0 Å². The number of nitrogens with zero attached hydrogens (tertiary/aromatic N) is 3. The first kappa shape index (κ1) is 17.6. The highest BCUT2D eigenvalue weighted by molar-refractivity contribution is 5.66. The Kier molecular flexibility index (Phi) is 5.30. The number of nitriles is 1. The van der Waals surface area contributed by atoms with Crippen LogP contribution < -0.4 is 5.32 Å². The molecule has 0 saturated heterocycles. The molecule has 0 saturated carbocycles. The molecule has 0 amide bonds. The lowest BCUT2D eigenvalue weighted by atomic mass is 10.0. The summed E-state index contributed by atoms with van der Waals surface area (Å²) in [5, 5.41) is 25.4. The van der Waals surface area contributed by atoms with Crippen LogP contribution in [0.2, 0.25) is 0 Å². The molecule has 0 spiro atoms. The summed E-state index contributed by atoms with van der Waals surface area (Å²) in [6, 6.07) is 12.8. The molecule has 1 aliphatic rings. The van der Waals surface area contributed by atoms with Crippen molar-refractivity contribution in [1.82, 2.24) is 15.5 Å². The standard InChI is InChI=1S/C18H13N3O2.C2H7N/c19-10-13-9-12(7-8-16(13)22)18-20-17(21-23-18)15-6-2-4-11-3-1-5-14(11)15;1-3-2/h2,4,6-9,22H,1,3,5H2;3H,1-2H3. The van der Waals surface area contributed by atoms with Crippen LogP contribution in [0.25, 0.3) is 22.8 Å². The molecule has 6 nitrogen and oxygen atoms in total. The summed E-state index contributed by atoms with van der Waals surface area (Å²) in [7, 11) is 3.75. The van der Waals surface area contributed by atoms with Crippen LogP contribution in [0.5, 0.6) is 5.75 Å². The Labute approximate surface area is 152 Å². The lowest BCUT2D eigenvalue weighted by Gasteiger charge is -2.03. The number of aryl methyl sites for hydroxylation is 1. The third kappa shape index (κ3) is 3.44. The average Bonchev–Trinajstić information content (AvgIpc) is 3.32. The summed E-state index contributed by atoms with van der Waals surface area (Å²) in [6.45, 7) is 0. The summed E-state index contributed by atoms with van der Waals surface area (Å²) in [4.78, 5) is 4.46. The Morgan fingerprint density at radius 3 is 2.77 bits per heavy atom. The molecule has 6 heteroatoms. The van der Waals surface area contributed by atoms with Gasteiger partial charge < -0.3 is 14.9 Å². The molecule has 0 atom stereocenters. The van der Waals surface area contributed by atoms with Crippen molar-refractivity contribution in [1.29, 1.82) is 5.26 Å². The van der Waals surface area contributed by atoms with Crippen molar-refractivity contribution in [3.8, 4) is 34.7 Å². The maximum atomic E-state index is 9.58. The number of rotatable bonds is 2. The number of benzene rings is 2. The Morgan fingerprint density at radius 2 is 2.00 bits per heavy atom. The van der Waals surface area contributed by atoms with E-state index in [4.69, 9.17) is 9.78 Å². The summed E-state index contributed by atoms with van der Waals surface area (Å²) in [5.41, 5.74) is 4.45. The molecule has 0 fully saturated rings. The third-order valence-electron chi connectivity index (χ3n) is 4.18.